The predicted octanol–water partition coefficient (Wildman–Crippen LogP) is 2.45. The number of ether oxygens (including phenoxy) is 1. The van der Waals surface area contributed by atoms with E-state index in [-0.39, 0.29) is 5.56 Å². The van der Waals surface area contributed by atoms with E-state index in [1.807, 2.05) is 6.92 Å². The van der Waals surface area contributed by atoms with Crippen molar-refractivity contribution in [1.29, 1.82) is 0 Å². The minimum Gasteiger partial charge on any atom is -0.494 e. The van der Waals surface area contributed by atoms with Crippen molar-refractivity contribution in [1.82, 2.24) is 0 Å². The summed E-state index contributed by atoms with van der Waals surface area (Å²) in [6.07, 6.45) is 0. The summed E-state index contributed by atoms with van der Waals surface area (Å²) in [4.78, 5) is 0. The maximum Gasteiger partial charge on any atom is 0.129 e. The van der Waals surface area contributed by atoms with E-state index in [2.05, 4.69) is 0 Å². The normalized spacial score (nSPS) is 11.5. The van der Waals surface area contributed by atoms with E-state index in [1.54, 1.807) is 19.9 Å². The second-order valence-corrected chi connectivity index (χ2v) is 3.63. The SMILES string of the molecule is CCOc1ccc(F)c(C(C)(C)O)c1. The van der Waals surface area contributed by atoms with Crippen LogP contribution in [0, 0.1) is 5.82 Å². The van der Waals surface area contributed by atoms with Crippen molar-refractivity contribution in [3.8, 4) is 5.75 Å². The van der Waals surface area contributed by atoms with Crippen LogP contribution in [0.15, 0.2) is 18.2 Å². The zero-order valence-electron chi connectivity index (χ0n) is 8.67. The minimum absolute atomic E-state index is 0.253. The zero-order chi connectivity index (χ0) is 10.8. The van der Waals surface area contributed by atoms with Gasteiger partial charge in [-0.1, -0.05) is 0 Å². The molecule has 2 nitrogen and oxygen atoms in total. The number of hydrogen-bond acceptors (Lipinski definition) is 2. The molecule has 0 radical (unpaired) electrons. The van der Waals surface area contributed by atoms with Crippen LogP contribution in [-0.2, 0) is 5.60 Å². The second-order valence-electron chi connectivity index (χ2n) is 3.63. The fourth-order valence-corrected chi connectivity index (χ4v) is 1.23. The van der Waals surface area contributed by atoms with Gasteiger partial charge in [0.2, 0.25) is 0 Å². The summed E-state index contributed by atoms with van der Waals surface area (Å²) < 4.78 is 18.5. The molecule has 1 N–H and O–H groups in total. The van der Waals surface area contributed by atoms with E-state index in [1.165, 1.54) is 12.1 Å². The predicted molar refractivity (Wildman–Crippen MR) is 52.8 cm³/mol. The van der Waals surface area contributed by atoms with Gasteiger partial charge in [-0.3, -0.25) is 0 Å². The van der Waals surface area contributed by atoms with E-state index in [0.717, 1.165) is 0 Å². The van der Waals surface area contributed by atoms with Gasteiger partial charge >= 0.3 is 0 Å². The molecule has 1 aromatic carbocycles. The van der Waals surface area contributed by atoms with E-state index < -0.39 is 11.4 Å². The zero-order valence-corrected chi connectivity index (χ0v) is 8.67. The summed E-state index contributed by atoms with van der Waals surface area (Å²) in [7, 11) is 0. The molecule has 3 heteroatoms. The van der Waals surface area contributed by atoms with Crippen molar-refractivity contribution in [3.05, 3.63) is 29.6 Å². The highest BCUT2D eigenvalue weighted by atomic mass is 19.1. The van der Waals surface area contributed by atoms with Gasteiger partial charge in [-0.15, -0.1) is 0 Å². The van der Waals surface area contributed by atoms with Crippen molar-refractivity contribution >= 4 is 0 Å². The van der Waals surface area contributed by atoms with E-state index in [0.29, 0.717) is 12.4 Å². The fourth-order valence-electron chi connectivity index (χ4n) is 1.23. The minimum atomic E-state index is -1.18. The third-order valence-electron chi connectivity index (χ3n) is 1.91. The maximum atomic E-state index is 13.3. The lowest BCUT2D eigenvalue weighted by Gasteiger charge is -2.19. The third-order valence-corrected chi connectivity index (χ3v) is 1.91. The molecule has 78 valence electrons. The highest BCUT2D eigenvalue weighted by Gasteiger charge is 2.20. The van der Waals surface area contributed by atoms with Crippen LogP contribution in [0.2, 0.25) is 0 Å². The number of halogens is 1. The number of benzene rings is 1. The average Bonchev–Trinajstić information content (AvgIpc) is 2.07. The van der Waals surface area contributed by atoms with Crippen molar-refractivity contribution in [2.24, 2.45) is 0 Å². The smallest absolute Gasteiger partial charge is 0.129 e. The Morgan fingerprint density at radius 1 is 1.43 bits per heavy atom. The highest BCUT2D eigenvalue weighted by molar-refractivity contribution is 5.32. The Hall–Kier alpha value is -1.09. The van der Waals surface area contributed by atoms with Crippen LogP contribution in [0.5, 0.6) is 5.75 Å². The molecule has 0 fully saturated rings. The Balaban J connectivity index is 3.09. The molecule has 0 aliphatic rings. The van der Waals surface area contributed by atoms with Gasteiger partial charge in [0.1, 0.15) is 11.6 Å². The topological polar surface area (TPSA) is 29.5 Å². The molecule has 0 amide bonds. The van der Waals surface area contributed by atoms with Gasteiger partial charge in [-0.25, -0.2) is 4.39 Å². The van der Waals surface area contributed by atoms with E-state index in [4.69, 9.17) is 4.74 Å². The van der Waals surface area contributed by atoms with Crippen LogP contribution in [-0.4, -0.2) is 11.7 Å². The van der Waals surface area contributed by atoms with Crippen molar-refractivity contribution in [2.75, 3.05) is 6.61 Å². The molecule has 0 atom stereocenters. The van der Waals surface area contributed by atoms with Crippen LogP contribution in [0.1, 0.15) is 26.3 Å². The Morgan fingerprint density at radius 2 is 2.07 bits per heavy atom. The first kappa shape index (κ1) is 11.0. The summed E-state index contributed by atoms with van der Waals surface area (Å²) in [6.45, 7) is 5.46. The first-order valence-corrected chi connectivity index (χ1v) is 4.60. The molecule has 0 heterocycles. The molecule has 0 unspecified atom stereocenters. The molecule has 0 aromatic heterocycles. The van der Waals surface area contributed by atoms with Gasteiger partial charge in [-0.05, 0) is 39.0 Å². The summed E-state index contributed by atoms with van der Waals surface area (Å²) in [6, 6.07) is 4.38. The number of aliphatic hydroxyl groups is 1. The van der Waals surface area contributed by atoms with Gasteiger partial charge in [0.05, 0.1) is 12.2 Å². The van der Waals surface area contributed by atoms with Crippen LogP contribution >= 0.6 is 0 Å². The summed E-state index contributed by atoms with van der Waals surface area (Å²) in [5.74, 6) is 0.159. The summed E-state index contributed by atoms with van der Waals surface area (Å²) >= 11 is 0. The molecule has 1 aromatic rings. The molecule has 0 aliphatic carbocycles. The molecule has 1 rings (SSSR count). The van der Waals surface area contributed by atoms with Crippen molar-refractivity contribution in [3.63, 3.8) is 0 Å². The molecule has 0 saturated carbocycles. The average molecular weight is 198 g/mol. The van der Waals surface area contributed by atoms with Crippen LogP contribution < -0.4 is 4.74 Å². The monoisotopic (exact) mass is 198 g/mol. The summed E-state index contributed by atoms with van der Waals surface area (Å²) in [5, 5.41) is 9.67. The maximum absolute atomic E-state index is 13.3. The van der Waals surface area contributed by atoms with Gasteiger partial charge in [0.25, 0.3) is 0 Å². The molecule has 14 heavy (non-hydrogen) atoms. The van der Waals surface area contributed by atoms with Gasteiger partial charge in [-0.2, -0.15) is 0 Å². The van der Waals surface area contributed by atoms with Gasteiger partial charge in [0.15, 0.2) is 0 Å². The number of hydrogen-bond donors (Lipinski definition) is 1. The summed E-state index contributed by atoms with van der Waals surface area (Å²) in [5.41, 5.74) is -0.930. The Kier molecular flexibility index (Phi) is 3.11. The molecular weight excluding hydrogens is 183 g/mol. The molecule has 0 saturated heterocycles. The van der Waals surface area contributed by atoms with Crippen LogP contribution in [0.3, 0.4) is 0 Å². The van der Waals surface area contributed by atoms with Crippen LogP contribution in [0.25, 0.3) is 0 Å². The molecule has 0 bridgehead atoms. The van der Waals surface area contributed by atoms with E-state index >= 15 is 0 Å². The lowest BCUT2D eigenvalue weighted by Crippen LogP contribution is -2.17. The lowest BCUT2D eigenvalue weighted by molar-refractivity contribution is 0.0742. The standard InChI is InChI=1S/C11H15FO2/c1-4-14-8-5-6-10(12)9(7-8)11(2,3)13/h5-7,13H,4H2,1-3H3. The largest absolute Gasteiger partial charge is 0.494 e. The third kappa shape index (κ3) is 2.45. The quantitative estimate of drug-likeness (QED) is 0.808. The Bertz CT molecular complexity index is 316. The van der Waals surface area contributed by atoms with Crippen molar-refractivity contribution < 1.29 is 14.2 Å². The molecule has 0 spiro atoms. The molecule has 0 aliphatic heterocycles. The first-order valence-electron chi connectivity index (χ1n) is 4.60. The first-order chi connectivity index (χ1) is 6.45. The second kappa shape index (κ2) is 3.96. The van der Waals surface area contributed by atoms with Crippen LogP contribution in [0.4, 0.5) is 4.39 Å². The highest BCUT2D eigenvalue weighted by Crippen LogP contribution is 2.26. The fraction of sp³-hybridized carbons (Fsp3) is 0.455. The van der Waals surface area contributed by atoms with Gasteiger partial charge < -0.3 is 9.84 Å². The Morgan fingerprint density at radius 3 is 2.57 bits per heavy atom. The van der Waals surface area contributed by atoms with E-state index in [9.17, 15) is 9.50 Å². The van der Waals surface area contributed by atoms with Gasteiger partial charge in [0, 0.05) is 5.56 Å². The van der Waals surface area contributed by atoms with Crippen molar-refractivity contribution in [2.45, 2.75) is 26.4 Å². The lowest BCUT2D eigenvalue weighted by atomic mass is 9.98. The number of rotatable bonds is 3. The molecular formula is C11H15FO2. The Labute approximate surface area is 83.3 Å².